The molecular weight excluding hydrogens is 536 g/mol. The van der Waals surface area contributed by atoms with E-state index in [0.29, 0.717) is 25.6 Å². The summed E-state index contributed by atoms with van der Waals surface area (Å²) >= 11 is 3.62. The second kappa shape index (κ2) is 11.7. The number of esters is 1. The minimum atomic E-state index is -0.492. The summed E-state index contributed by atoms with van der Waals surface area (Å²) in [4.78, 5) is 53.6. The number of thioether (sulfide) groups is 1. The Kier molecular flexibility index (Phi) is 8.42. The second-order valence-electron chi connectivity index (χ2n) is 8.04. The third-order valence-corrected chi connectivity index (χ3v) is 8.79. The van der Waals surface area contributed by atoms with E-state index in [0.717, 1.165) is 59.2 Å². The number of fused-ring (bicyclic) bond motifs is 2. The van der Waals surface area contributed by atoms with Crippen LogP contribution in [0.2, 0.25) is 0 Å². The van der Waals surface area contributed by atoms with E-state index in [9.17, 15) is 24.5 Å². The van der Waals surface area contributed by atoms with Crippen molar-refractivity contribution in [3.05, 3.63) is 49.1 Å². The van der Waals surface area contributed by atoms with Crippen LogP contribution in [0.1, 0.15) is 33.6 Å². The lowest BCUT2D eigenvalue weighted by Crippen LogP contribution is -2.19. The first-order valence-corrected chi connectivity index (χ1v) is 14.0. The Bertz CT molecular complexity index is 1510. The van der Waals surface area contributed by atoms with Crippen molar-refractivity contribution in [3.63, 3.8) is 0 Å². The molecule has 37 heavy (non-hydrogen) atoms. The smallest absolute Gasteiger partial charge is 0.341 e. The van der Waals surface area contributed by atoms with E-state index < -0.39 is 16.8 Å². The molecule has 1 aliphatic rings. The van der Waals surface area contributed by atoms with Crippen LogP contribution >= 0.6 is 34.4 Å². The number of nitrogens with one attached hydrogen (secondary N) is 1. The van der Waals surface area contributed by atoms with E-state index in [2.05, 4.69) is 16.2 Å². The molecule has 2 amide bonds. The Morgan fingerprint density at radius 2 is 2.05 bits per heavy atom. The molecule has 2 aromatic heterocycles. The highest BCUT2D eigenvalue weighted by atomic mass is 32.2. The summed E-state index contributed by atoms with van der Waals surface area (Å²) in [6.45, 7) is 0.146. The first-order chi connectivity index (χ1) is 17.8. The Morgan fingerprint density at radius 1 is 1.27 bits per heavy atom. The van der Waals surface area contributed by atoms with Gasteiger partial charge in [-0.1, -0.05) is 17.3 Å². The SMILES string of the molecule is C#CCn1c(=NC(=O)CSCC(=O)Nc2sc3c(c2C(=O)OC)CCCC3)sc2cc([N+](=O)[O-])ccc21. The van der Waals surface area contributed by atoms with Crippen LogP contribution in [0, 0.1) is 22.5 Å². The number of hydrogen-bond donors (Lipinski definition) is 1. The van der Waals surface area contributed by atoms with E-state index in [-0.39, 0.29) is 29.6 Å². The maximum atomic E-state index is 12.6. The molecule has 1 aliphatic carbocycles. The van der Waals surface area contributed by atoms with Crippen molar-refractivity contribution in [1.29, 1.82) is 0 Å². The van der Waals surface area contributed by atoms with E-state index in [1.165, 1.54) is 30.6 Å². The molecule has 3 aromatic rings. The summed E-state index contributed by atoms with van der Waals surface area (Å²) in [6.07, 6.45) is 9.14. The quantitative estimate of drug-likeness (QED) is 0.193. The highest BCUT2D eigenvalue weighted by molar-refractivity contribution is 8.00. The summed E-state index contributed by atoms with van der Waals surface area (Å²) in [5, 5.41) is 14.4. The normalized spacial score (nSPS) is 13.1. The first-order valence-electron chi connectivity index (χ1n) is 11.2. The highest BCUT2D eigenvalue weighted by Gasteiger charge is 2.27. The Hall–Kier alpha value is -3.47. The fraction of sp³-hybridized carbons (Fsp3) is 0.333. The topological polar surface area (TPSA) is 133 Å². The fourth-order valence-electron chi connectivity index (χ4n) is 4.01. The average molecular weight is 559 g/mol. The zero-order valence-corrected chi connectivity index (χ0v) is 22.2. The molecule has 10 nitrogen and oxygen atoms in total. The molecule has 1 N–H and O–H groups in total. The number of non-ortho nitro benzene ring substituents is 1. The van der Waals surface area contributed by atoms with Gasteiger partial charge in [-0.3, -0.25) is 19.7 Å². The summed E-state index contributed by atoms with van der Waals surface area (Å²) in [6, 6.07) is 4.37. The van der Waals surface area contributed by atoms with Gasteiger partial charge < -0.3 is 14.6 Å². The number of aryl methyl sites for hydroxylation is 1. The number of anilines is 1. The van der Waals surface area contributed by atoms with Gasteiger partial charge in [0.1, 0.15) is 5.00 Å². The third kappa shape index (κ3) is 5.93. The van der Waals surface area contributed by atoms with Crippen LogP contribution in [0.25, 0.3) is 10.2 Å². The van der Waals surface area contributed by atoms with Crippen molar-refractivity contribution >= 4 is 73.1 Å². The number of ether oxygens (including phenoxy) is 1. The van der Waals surface area contributed by atoms with Gasteiger partial charge in [0.2, 0.25) is 5.91 Å². The number of amides is 2. The van der Waals surface area contributed by atoms with Crippen molar-refractivity contribution in [1.82, 2.24) is 4.57 Å². The summed E-state index contributed by atoms with van der Waals surface area (Å²) in [7, 11) is 1.32. The number of hydrogen-bond acceptors (Lipinski definition) is 9. The highest BCUT2D eigenvalue weighted by Crippen LogP contribution is 2.38. The molecule has 0 aliphatic heterocycles. The van der Waals surface area contributed by atoms with Gasteiger partial charge in [-0.25, -0.2) is 4.79 Å². The van der Waals surface area contributed by atoms with Crippen LogP contribution in [0.4, 0.5) is 10.7 Å². The van der Waals surface area contributed by atoms with E-state index in [1.807, 2.05) is 0 Å². The van der Waals surface area contributed by atoms with Gasteiger partial charge in [0, 0.05) is 17.0 Å². The molecule has 13 heteroatoms. The zero-order chi connectivity index (χ0) is 26.5. The summed E-state index contributed by atoms with van der Waals surface area (Å²) < 4.78 is 7.16. The molecule has 4 rings (SSSR count). The second-order valence-corrected chi connectivity index (χ2v) is 11.1. The monoisotopic (exact) mass is 558 g/mol. The van der Waals surface area contributed by atoms with Crippen molar-refractivity contribution in [2.24, 2.45) is 4.99 Å². The zero-order valence-electron chi connectivity index (χ0n) is 19.8. The van der Waals surface area contributed by atoms with Gasteiger partial charge in [0.05, 0.1) is 45.9 Å². The minimum absolute atomic E-state index is 0.00654. The van der Waals surface area contributed by atoms with Gasteiger partial charge in [0.25, 0.3) is 11.6 Å². The number of thiophene rings is 1. The molecule has 0 saturated heterocycles. The Morgan fingerprint density at radius 3 is 2.78 bits per heavy atom. The number of aromatic nitrogens is 1. The molecule has 192 valence electrons. The lowest BCUT2D eigenvalue weighted by atomic mass is 9.95. The molecule has 0 spiro atoms. The number of rotatable bonds is 8. The van der Waals surface area contributed by atoms with Crippen molar-refractivity contribution in [2.45, 2.75) is 32.2 Å². The predicted octanol–water partition coefficient (Wildman–Crippen LogP) is 3.77. The Labute approximate surface area is 223 Å². The molecule has 0 bridgehead atoms. The van der Waals surface area contributed by atoms with Crippen LogP contribution in [0.15, 0.2) is 23.2 Å². The predicted molar refractivity (Wildman–Crippen MR) is 144 cm³/mol. The number of nitro benzene ring substituents is 1. The number of terminal acetylenes is 1. The van der Waals surface area contributed by atoms with Crippen LogP contribution in [-0.2, 0) is 33.7 Å². The van der Waals surface area contributed by atoms with Crippen LogP contribution in [-0.4, -0.2) is 45.9 Å². The van der Waals surface area contributed by atoms with Crippen molar-refractivity contribution in [3.8, 4) is 12.3 Å². The number of carbonyl (C=O) groups excluding carboxylic acids is 3. The van der Waals surface area contributed by atoms with E-state index >= 15 is 0 Å². The lowest BCUT2D eigenvalue weighted by molar-refractivity contribution is -0.384. The number of carbonyl (C=O) groups is 3. The fourth-order valence-corrected chi connectivity index (χ4v) is 6.98. The molecule has 0 saturated carbocycles. The third-order valence-electron chi connectivity index (χ3n) is 5.62. The standard InChI is InChI=1S/C24H22N4O6S3/c1-3-10-27-16-9-8-14(28(32)33)11-18(16)37-24(27)26-20(30)13-35-12-19(29)25-22-21(23(31)34-2)15-6-4-5-7-17(15)36-22/h1,8-9,11H,4-7,10,12-13H2,2H3,(H,25,29). The van der Waals surface area contributed by atoms with Gasteiger partial charge in [0.15, 0.2) is 4.80 Å². The van der Waals surface area contributed by atoms with Gasteiger partial charge in [-0.15, -0.1) is 29.5 Å². The number of methoxy groups -OCH3 is 1. The first kappa shape index (κ1) is 26.6. The number of nitrogens with zero attached hydrogens (tertiary/aromatic N) is 3. The summed E-state index contributed by atoms with van der Waals surface area (Å²) in [5.41, 5.74) is 1.96. The molecule has 0 unspecified atom stereocenters. The van der Waals surface area contributed by atoms with Gasteiger partial charge in [-0.05, 0) is 37.3 Å². The van der Waals surface area contributed by atoms with Crippen LogP contribution < -0.4 is 10.1 Å². The number of thiazole rings is 1. The van der Waals surface area contributed by atoms with Gasteiger partial charge in [-0.2, -0.15) is 4.99 Å². The molecule has 0 fully saturated rings. The maximum Gasteiger partial charge on any atom is 0.341 e. The largest absolute Gasteiger partial charge is 0.465 e. The van der Waals surface area contributed by atoms with Crippen molar-refractivity contribution in [2.75, 3.05) is 23.9 Å². The number of nitro groups is 1. The molecule has 1 aromatic carbocycles. The average Bonchev–Trinajstić information content (AvgIpc) is 3.40. The van der Waals surface area contributed by atoms with E-state index in [1.54, 1.807) is 10.6 Å². The molecular formula is C24H22N4O6S3. The van der Waals surface area contributed by atoms with E-state index in [4.69, 9.17) is 11.2 Å². The Balaban J connectivity index is 1.43. The lowest BCUT2D eigenvalue weighted by Gasteiger charge is -2.11. The van der Waals surface area contributed by atoms with Crippen molar-refractivity contribution < 1.29 is 24.0 Å². The summed E-state index contributed by atoms with van der Waals surface area (Å²) in [5.74, 6) is 1.18. The molecule has 0 radical (unpaired) electrons. The van der Waals surface area contributed by atoms with Crippen LogP contribution in [0.5, 0.6) is 0 Å². The number of benzene rings is 1. The van der Waals surface area contributed by atoms with Gasteiger partial charge >= 0.3 is 5.97 Å². The minimum Gasteiger partial charge on any atom is -0.465 e. The van der Waals surface area contributed by atoms with Crippen LogP contribution in [0.3, 0.4) is 0 Å². The maximum absolute atomic E-state index is 12.6. The molecule has 0 atom stereocenters. The molecule has 2 heterocycles.